The molecule has 0 bridgehead atoms. The molecule has 292 valence electrons. The van der Waals surface area contributed by atoms with Crippen LogP contribution in [0.1, 0.15) is 123 Å². The number of primary amides is 1. The number of carbonyl (C=O) groups excluding carboxylic acids is 6. The number of carbonyl (C=O) groups is 4. The topological polar surface area (TPSA) is 174 Å². The fourth-order valence-corrected chi connectivity index (χ4v) is 3.19. The van der Waals surface area contributed by atoms with E-state index in [2.05, 4.69) is 57.5 Å². The van der Waals surface area contributed by atoms with Crippen molar-refractivity contribution in [2.75, 3.05) is 11.9 Å². The number of nitrogens with two attached hydrogens (primary N) is 1. The number of Topliss-reactive ketones (excluding diaryl/α,β-unsaturated/α-hetero) is 1. The molecule has 0 saturated heterocycles. The summed E-state index contributed by atoms with van der Waals surface area (Å²) in [5, 5.41) is 7.65. The van der Waals surface area contributed by atoms with Gasteiger partial charge in [-0.1, -0.05) is 68.5 Å². The second kappa shape index (κ2) is 39.7. The smallest absolute Gasteiger partial charge is 0.312 e. The van der Waals surface area contributed by atoms with Crippen molar-refractivity contribution in [2.45, 2.75) is 130 Å². The van der Waals surface area contributed by atoms with Crippen LogP contribution in [0.5, 0.6) is 0 Å². The van der Waals surface area contributed by atoms with E-state index in [4.69, 9.17) is 10.5 Å². The average Bonchev–Trinajstić information content (AvgIpc) is 2.96. The molecule has 2 atom stereocenters. The summed E-state index contributed by atoms with van der Waals surface area (Å²) in [6.07, 6.45) is 4.02. The van der Waals surface area contributed by atoms with Gasteiger partial charge in [-0.25, -0.2) is 4.79 Å². The van der Waals surface area contributed by atoms with Crippen molar-refractivity contribution in [3.8, 4) is 0 Å². The van der Waals surface area contributed by atoms with Crippen molar-refractivity contribution < 1.29 is 98.9 Å². The molecule has 1 rings (SSSR count). The summed E-state index contributed by atoms with van der Waals surface area (Å²) >= 11 is 0. The Labute approximate surface area is 361 Å². The molecule has 11 nitrogen and oxygen atoms in total. The Bertz CT molecular complexity index is 1020. The number of esters is 1. The van der Waals surface area contributed by atoms with Crippen molar-refractivity contribution in [2.24, 2.45) is 29.4 Å². The van der Waals surface area contributed by atoms with Crippen LogP contribution in [0.15, 0.2) is 24.3 Å². The molecule has 0 aliphatic rings. The van der Waals surface area contributed by atoms with Crippen molar-refractivity contribution in [1.82, 2.24) is 10.6 Å². The van der Waals surface area contributed by atoms with E-state index in [0.717, 1.165) is 5.56 Å². The van der Waals surface area contributed by atoms with E-state index in [-0.39, 0.29) is 135 Å². The minimum Gasteiger partial charge on any atom is -0.542 e. The number of hydrogen-bond acceptors (Lipinski definition) is 7. The van der Waals surface area contributed by atoms with Gasteiger partial charge < -0.3 is 47.8 Å². The van der Waals surface area contributed by atoms with Crippen LogP contribution in [-0.4, -0.2) is 49.0 Å². The second-order valence-electron chi connectivity index (χ2n) is 13.0. The quantitative estimate of drug-likeness (QED) is 0.0585. The first-order chi connectivity index (χ1) is 21.8. The molecule has 4 amide bonds. The third-order valence-electron chi connectivity index (χ3n) is 5.38. The van der Waals surface area contributed by atoms with Crippen LogP contribution in [0.2, 0.25) is 0 Å². The maximum atomic E-state index is 13.0. The predicted molar refractivity (Wildman–Crippen MR) is 202 cm³/mol. The summed E-state index contributed by atoms with van der Waals surface area (Å²) in [6.45, 7) is 23.6. The molecule has 2 radical (unpaired) electrons. The Morgan fingerprint density at radius 1 is 0.843 bits per heavy atom. The minimum absolute atomic E-state index is 0. The van der Waals surface area contributed by atoms with E-state index in [9.17, 15) is 28.8 Å². The zero-order valence-corrected chi connectivity index (χ0v) is 37.5. The van der Waals surface area contributed by atoms with E-state index >= 15 is 0 Å². The number of rotatable bonds is 16. The van der Waals surface area contributed by atoms with Gasteiger partial charge in [0, 0.05) is 90.0 Å². The third kappa shape index (κ3) is 42.7. The van der Waals surface area contributed by atoms with Gasteiger partial charge in [0.1, 0.15) is 6.61 Å². The first-order valence-electron chi connectivity index (χ1n) is 15.9. The number of ether oxygens (including phenoxy) is 1. The number of ketones is 1. The average molecular weight is 871 g/mol. The van der Waals surface area contributed by atoms with Crippen LogP contribution >= 0.6 is 0 Å². The fourth-order valence-electron chi connectivity index (χ4n) is 3.19. The number of hydrogen-bond donors (Lipinski definition) is 4. The van der Waals surface area contributed by atoms with Crippen molar-refractivity contribution in [1.29, 1.82) is 0 Å². The summed E-state index contributed by atoms with van der Waals surface area (Å²) in [6, 6.07) is 5.43. The van der Waals surface area contributed by atoms with Crippen LogP contribution in [0.3, 0.4) is 0 Å². The van der Waals surface area contributed by atoms with Crippen molar-refractivity contribution >= 4 is 42.1 Å². The summed E-state index contributed by atoms with van der Waals surface area (Å²) < 4.78 is 5.19. The molecule has 1 aromatic rings. The molecule has 51 heavy (non-hydrogen) atoms. The van der Waals surface area contributed by atoms with E-state index < -0.39 is 18.0 Å². The molecule has 0 spiro atoms. The first-order valence-corrected chi connectivity index (χ1v) is 15.9. The van der Waals surface area contributed by atoms with Gasteiger partial charge in [0.25, 0.3) is 0 Å². The molecular weight excluding hydrogens is 802 g/mol. The SMILES string of the molecule is C.C.CC(C)C(=O)OCc1ccc(NC(=O)[C@H](CCCNC(N)=O)CC(=O)[C@@H](N[C-]=O)C(C)C)cc1.CC(C)[C-]=O.C[C-](C)C.C[C-](C)C.[Y].[Y]. The van der Waals surface area contributed by atoms with Gasteiger partial charge in [0.15, 0.2) is 5.78 Å². The zero-order valence-electron chi connectivity index (χ0n) is 31.8. The van der Waals surface area contributed by atoms with E-state index in [0.29, 0.717) is 18.5 Å². The largest absolute Gasteiger partial charge is 0.542 e. The van der Waals surface area contributed by atoms with E-state index in [1.54, 1.807) is 78.5 Å². The summed E-state index contributed by atoms with van der Waals surface area (Å²) in [5.74, 6) is 0.932. The Balaban J connectivity index is -0.000000195. The van der Waals surface area contributed by atoms with Crippen LogP contribution in [-0.2, 0) is 101 Å². The molecule has 0 saturated carbocycles. The zero-order chi connectivity index (χ0) is 37.1. The Kier molecular flexibility index (Phi) is 50.1. The van der Waals surface area contributed by atoms with Crippen LogP contribution in [0, 0.1) is 35.5 Å². The van der Waals surface area contributed by atoms with Crippen LogP contribution in [0.4, 0.5) is 10.5 Å². The fraction of sp³-hybridized carbons (Fsp3) is 0.632. The molecule has 0 aliphatic carbocycles. The van der Waals surface area contributed by atoms with Gasteiger partial charge in [0.05, 0.1) is 12.0 Å². The van der Waals surface area contributed by atoms with E-state index in [1.807, 2.05) is 0 Å². The summed E-state index contributed by atoms with van der Waals surface area (Å²) in [5.41, 5.74) is 6.36. The molecule has 0 aromatic heterocycles. The normalized spacial score (nSPS) is 10.6. The standard InChI is InChI=1S/C24H35N4O6.C4H7O.2C4H9.2CH4.2Y/c1-15(2)21(27-14-29)20(30)12-18(6-5-11-26-24(25)33)22(31)28-19-9-7-17(8-10-19)13-34-23(32)16(3)4;1-4(2)3-5;2*1-4(2)3;;;;/h7-10,15-16,18,21H,5-6,11-13H2,1-4H3,(H,27,29)(H,28,31)(H3,25,26,33);4H,1-2H3;2*1-3H3;2*1H4;;/q4*-1;;;;/t18-,21+;;;;;;;/m1......./s1. The van der Waals surface area contributed by atoms with Crippen LogP contribution < -0.4 is 21.7 Å². The molecule has 13 heteroatoms. The monoisotopic (exact) mass is 870 g/mol. The van der Waals surface area contributed by atoms with Crippen LogP contribution in [0.25, 0.3) is 0 Å². The van der Waals surface area contributed by atoms with Gasteiger partial charge in [-0.2, -0.15) is 48.0 Å². The second-order valence-corrected chi connectivity index (χ2v) is 13.0. The molecule has 0 unspecified atom stereocenters. The van der Waals surface area contributed by atoms with Gasteiger partial charge in [-0.15, -0.1) is 5.92 Å². The van der Waals surface area contributed by atoms with Gasteiger partial charge in [-0.3, -0.25) is 20.7 Å². The van der Waals surface area contributed by atoms with Gasteiger partial charge in [0.2, 0.25) is 5.91 Å². The molecular formula is C38H68N4O7Y2-4. The minimum atomic E-state index is -0.746. The molecule has 0 fully saturated rings. The number of anilines is 1. The maximum Gasteiger partial charge on any atom is 0.312 e. The van der Waals surface area contributed by atoms with Crippen molar-refractivity contribution in [3.05, 3.63) is 41.7 Å². The molecule has 0 aliphatic heterocycles. The van der Waals surface area contributed by atoms with E-state index in [1.165, 1.54) is 11.8 Å². The molecule has 0 heterocycles. The number of urea groups is 1. The number of amides is 4. The Morgan fingerprint density at radius 3 is 1.65 bits per heavy atom. The number of benzene rings is 1. The number of nitrogens with one attached hydrogen (secondary N) is 3. The Morgan fingerprint density at radius 2 is 1.29 bits per heavy atom. The third-order valence-corrected chi connectivity index (χ3v) is 5.38. The molecule has 1 aromatic carbocycles. The molecule has 5 N–H and O–H groups in total. The van der Waals surface area contributed by atoms with Gasteiger partial charge in [-0.05, 0) is 36.5 Å². The van der Waals surface area contributed by atoms with Gasteiger partial charge >= 0.3 is 12.0 Å². The first kappa shape index (κ1) is 64.4. The van der Waals surface area contributed by atoms with Crippen molar-refractivity contribution in [3.63, 3.8) is 0 Å². The summed E-state index contributed by atoms with van der Waals surface area (Å²) in [4.78, 5) is 68.3. The Hall–Kier alpha value is -1.55. The summed E-state index contributed by atoms with van der Waals surface area (Å²) in [7, 11) is 0. The predicted octanol–water partition coefficient (Wildman–Crippen LogP) is 7.29. The maximum absolute atomic E-state index is 13.0.